The van der Waals surface area contributed by atoms with Gasteiger partial charge in [-0.05, 0) is 78.6 Å². The van der Waals surface area contributed by atoms with Crippen LogP contribution in [0.3, 0.4) is 0 Å². The van der Waals surface area contributed by atoms with Crippen molar-refractivity contribution >= 4 is 35.0 Å². The van der Waals surface area contributed by atoms with Gasteiger partial charge in [-0.15, -0.1) is 0 Å². The maximum atomic E-state index is 12.5. The molecule has 0 heterocycles. The molecular weight excluding hydrogens is 475 g/mol. The molecule has 0 saturated heterocycles. The summed E-state index contributed by atoms with van der Waals surface area (Å²) in [4.78, 5) is 24.9. The van der Waals surface area contributed by atoms with Gasteiger partial charge in [0, 0.05) is 22.6 Å². The molecule has 2 amide bonds. The number of rotatable bonds is 9. The molecule has 8 heteroatoms. The Bertz CT molecular complexity index is 979. The number of hydrogen-bond donors (Lipinski definition) is 2. The van der Waals surface area contributed by atoms with Gasteiger partial charge in [0.05, 0.1) is 0 Å². The second kappa shape index (κ2) is 11.3. The highest BCUT2D eigenvalue weighted by atomic mass is 35.5. The second-order valence-electron chi connectivity index (χ2n) is 10.1. The van der Waals surface area contributed by atoms with E-state index in [2.05, 4.69) is 31.4 Å². The number of carbonyl (C=O) groups excluding carboxylic acids is 2. The van der Waals surface area contributed by atoms with Crippen LogP contribution in [0.5, 0.6) is 11.5 Å². The molecule has 0 radical (unpaired) electrons. The lowest BCUT2D eigenvalue weighted by Crippen LogP contribution is -2.51. The quantitative estimate of drug-likeness (QED) is 0.485. The number of carbonyl (C=O) groups is 2. The Labute approximate surface area is 211 Å². The van der Waals surface area contributed by atoms with E-state index in [1.54, 1.807) is 48.5 Å². The van der Waals surface area contributed by atoms with Gasteiger partial charge in [-0.25, -0.2) is 0 Å². The largest absolute Gasteiger partial charge is 0.484 e. The third kappa shape index (κ3) is 8.41. The van der Waals surface area contributed by atoms with Gasteiger partial charge < -0.3 is 20.1 Å². The smallest absolute Gasteiger partial charge is 0.258 e. The van der Waals surface area contributed by atoms with Gasteiger partial charge in [0.15, 0.2) is 13.2 Å². The highest BCUT2D eigenvalue weighted by Crippen LogP contribution is 2.45. The van der Waals surface area contributed by atoms with E-state index in [0.717, 1.165) is 19.3 Å². The van der Waals surface area contributed by atoms with Crippen LogP contribution in [0.2, 0.25) is 10.0 Å². The molecule has 34 heavy (non-hydrogen) atoms. The van der Waals surface area contributed by atoms with Gasteiger partial charge in [0.1, 0.15) is 11.5 Å². The van der Waals surface area contributed by atoms with Gasteiger partial charge >= 0.3 is 0 Å². The highest BCUT2D eigenvalue weighted by Gasteiger charge is 2.41. The summed E-state index contributed by atoms with van der Waals surface area (Å²) in [5.74, 6) is 0.835. The first kappa shape index (κ1) is 26.2. The number of nitrogens with one attached hydrogen (secondary N) is 2. The Morgan fingerprint density at radius 1 is 0.853 bits per heavy atom. The average Bonchev–Trinajstić information content (AvgIpc) is 2.75. The van der Waals surface area contributed by atoms with Gasteiger partial charge in [-0.2, -0.15) is 0 Å². The van der Waals surface area contributed by atoms with E-state index in [-0.39, 0.29) is 41.9 Å². The van der Waals surface area contributed by atoms with Crippen LogP contribution >= 0.6 is 23.2 Å². The second-order valence-corrected chi connectivity index (χ2v) is 11.0. The lowest BCUT2D eigenvalue weighted by Gasteiger charge is -2.47. The fourth-order valence-corrected chi connectivity index (χ4v) is 5.11. The van der Waals surface area contributed by atoms with Crippen LogP contribution in [-0.2, 0) is 9.59 Å². The van der Waals surface area contributed by atoms with Crippen LogP contribution < -0.4 is 20.1 Å². The van der Waals surface area contributed by atoms with Crippen LogP contribution in [0.15, 0.2) is 48.5 Å². The van der Waals surface area contributed by atoms with E-state index in [1.165, 1.54) is 0 Å². The fraction of sp³-hybridized carbons (Fsp3) is 0.462. The standard InChI is InChI=1S/C26H32Cl2N2O4/c1-25(2)12-20(30-24(32)15-34-22-10-6-19(28)7-11-22)13-26(3,16-25)17-29-23(31)14-33-21-8-4-18(27)5-9-21/h4-11,20H,12-17H2,1-3H3,(H,29,31)(H,30,32)/t20-,26-/m1/s1. The van der Waals surface area contributed by atoms with Gasteiger partial charge in [0.25, 0.3) is 11.8 Å². The third-order valence-electron chi connectivity index (χ3n) is 5.89. The molecule has 2 aromatic carbocycles. The van der Waals surface area contributed by atoms with E-state index in [0.29, 0.717) is 28.1 Å². The molecule has 0 aliphatic heterocycles. The van der Waals surface area contributed by atoms with Gasteiger partial charge in [0.2, 0.25) is 0 Å². The minimum atomic E-state index is -0.184. The van der Waals surface area contributed by atoms with Gasteiger partial charge in [-0.3, -0.25) is 9.59 Å². The first-order chi connectivity index (χ1) is 16.0. The van der Waals surface area contributed by atoms with E-state index >= 15 is 0 Å². The van der Waals surface area contributed by atoms with Crippen molar-refractivity contribution in [3.8, 4) is 11.5 Å². The average molecular weight is 507 g/mol. The van der Waals surface area contributed by atoms with Crippen molar-refractivity contribution in [3.05, 3.63) is 58.6 Å². The minimum Gasteiger partial charge on any atom is -0.484 e. The van der Waals surface area contributed by atoms with E-state index in [4.69, 9.17) is 32.7 Å². The topological polar surface area (TPSA) is 76.7 Å². The number of hydrogen-bond acceptors (Lipinski definition) is 4. The fourth-order valence-electron chi connectivity index (χ4n) is 4.86. The van der Waals surface area contributed by atoms with Crippen molar-refractivity contribution in [2.24, 2.45) is 10.8 Å². The summed E-state index contributed by atoms with van der Waals surface area (Å²) < 4.78 is 11.1. The predicted octanol–water partition coefficient (Wildman–Crippen LogP) is 5.27. The summed E-state index contributed by atoms with van der Waals surface area (Å²) in [6.07, 6.45) is 2.57. The predicted molar refractivity (Wildman–Crippen MR) is 135 cm³/mol. The van der Waals surface area contributed by atoms with Crippen molar-refractivity contribution in [1.82, 2.24) is 10.6 Å². The molecule has 1 fully saturated rings. The molecule has 1 aliphatic carbocycles. The molecular formula is C26H32Cl2N2O4. The summed E-state index contributed by atoms with van der Waals surface area (Å²) in [5, 5.41) is 7.34. The molecule has 2 N–H and O–H groups in total. The van der Waals surface area contributed by atoms with Crippen molar-refractivity contribution < 1.29 is 19.1 Å². The molecule has 6 nitrogen and oxygen atoms in total. The lowest BCUT2D eigenvalue weighted by molar-refractivity contribution is -0.126. The Kier molecular flexibility index (Phi) is 8.72. The van der Waals surface area contributed by atoms with Crippen molar-refractivity contribution in [2.45, 2.75) is 46.1 Å². The van der Waals surface area contributed by atoms with Crippen molar-refractivity contribution in [3.63, 3.8) is 0 Å². The number of ether oxygens (including phenoxy) is 2. The molecule has 2 aromatic rings. The third-order valence-corrected chi connectivity index (χ3v) is 6.39. The van der Waals surface area contributed by atoms with Gasteiger partial charge in [-0.1, -0.05) is 44.0 Å². The highest BCUT2D eigenvalue weighted by molar-refractivity contribution is 6.30. The lowest BCUT2D eigenvalue weighted by atomic mass is 9.62. The number of amides is 2. The summed E-state index contributed by atoms with van der Waals surface area (Å²) >= 11 is 11.8. The molecule has 0 bridgehead atoms. The molecule has 184 valence electrons. The molecule has 1 aliphatic rings. The summed E-state index contributed by atoms with van der Waals surface area (Å²) in [7, 11) is 0. The maximum absolute atomic E-state index is 12.5. The Hall–Kier alpha value is -2.44. The van der Waals surface area contributed by atoms with Crippen LogP contribution in [0.1, 0.15) is 40.0 Å². The molecule has 1 saturated carbocycles. The Morgan fingerprint density at radius 3 is 1.88 bits per heavy atom. The zero-order chi connectivity index (χ0) is 24.8. The normalized spacial score (nSPS) is 21.4. The maximum Gasteiger partial charge on any atom is 0.258 e. The van der Waals surface area contributed by atoms with E-state index in [1.807, 2.05) is 0 Å². The van der Waals surface area contributed by atoms with Crippen LogP contribution in [-0.4, -0.2) is 37.6 Å². The Balaban J connectivity index is 1.48. The first-order valence-corrected chi connectivity index (χ1v) is 12.1. The van der Waals surface area contributed by atoms with Crippen LogP contribution in [0, 0.1) is 10.8 Å². The zero-order valence-electron chi connectivity index (χ0n) is 19.8. The van der Waals surface area contributed by atoms with E-state index in [9.17, 15) is 9.59 Å². The molecule has 0 spiro atoms. The van der Waals surface area contributed by atoms with Crippen molar-refractivity contribution in [2.75, 3.05) is 19.8 Å². The summed E-state index contributed by atoms with van der Waals surface area (Å²) in [6, 6.07) is 13.8. The summed E-state index contributed by atoms with van der Waals surface area (Å²) in [5.41, 5.74) is -0.140. The number of halogens is 2. The zero-order valence-corrected chi connectivity index (χ0v) is 21.3. The first-order valence-electron chi connectivity index (χ1n) is 11.3. The van der Waals surface area contributed by atoms with Crippen molar-refractivity contribution in [1.29, 1.82) is 0 Å². The monoisotopic (exact) mass is 506 g/mol. The molecule has 2 atom stereocenters. The SMILES string of the molecule is CC1(C)C[C@@H](NC(=O)COc2ccc(Cl)cc2)C[C@@](C)(CNC(=O)COc2ccc(Cl)cc2)C1. The summed E-state index contributed by atoms with van der Waals surface area (Å²) in [6.45, 7) is 6.92. The van der Waals surface area contributed by atoms with Crippen LogP contribution in [0.25, 0.3) is 0 Å². The number of benzene rings is 2. The minimum absolute atomic E-state index is 0.00251. The van der Waals surface area contributed by atoms with Crippen LogP contribution in [0.4, 0.5) is 0 Å². The molecule has 3 rings (SSSR count). The molecule has 0 unspecified atom stereocenters. The molecule has 0 aromatic heterocycles. The Morgan fingerprint density at radius 2 is 1.35 bits per heavy atom. The van der Waals surface area contributed by atoms with E-state index < -0.39 is 0 Å².